The van der Waals surface area contributed by atoms with E-state index in [9.17, 15) is 9.00 Å². The normalized spacial score (nSPS) is 28.4. The molecule has 0 bridgehead atoms. The molecule has 1 heterocycles. The van der Waals surface area contributed by atoms with E-state index in [1.807, 2.05) is 6.92 Å². The van der Waals surface area contributed by atoms with Gasteiger partial charge in [-0.05, 0) is 57.0 Å². The average molecular weight is 365 g/mol. The van der Waals surface area contributed by atoms with Crippen molar-refractivity contribution in [2.24, 2.45) is 11.8 Å². The Labute approximate surface area is 149 Å². The van der Waals surface area contributed by atoms with Crippen molar-refractivity contribution in [3.05, 3.63) is 0 Å². The van der Waals surface area contributed by atoms with Gasteiger partial charge in [0.05, 0.1) is 0 Å². The number of carbonyl (C=O) groups is 1. The Bertz CT molecular complexity index is 389. The van der Waals surface area contributed by atoms with Gasteiger partial charge in [0.15, 0.2) is 0 Å². The number of hydrogen-bond donors (Lipinski definition) is 2. The SMILES string of the molecule is CCS(=O)C1CCCC(NC(=O)CC(C)C2CCNCC2)C1.Cl. The Kier molecular flexibility index (Phi) is 9.71. The summed E-state index contributed by atoms with van der Waals surface area (Å²) in [5.74, 6) is 2.07. The molecule has 1 saturated carbocycles. The minimum Gasteiger partial charge on any atom is -0.353 e. The van der Waals surface area contributed by atoms with Gasteiger partial charge in [-0.25, -0.2) is 0 Å². The molecule has 0 aromatic rings. The van der Waals surface area contributed by atoms with Crippen LogP contribution in [0.4, 0.5) is 0 Å². The summed E-state index contributed by atoms with van der Waals surface area (Å²) in [4.78, 5) is 12.3. The van der Waals surface area contributed by atoms with Crippen LogP contribution in [-0.2, 0) is 15.6 Å². The molecular weight excluding hydrogens is 332 g/mol. The van der Waals surface area contributed by atoms with E-state index in [2.05, 4.69) is 17.6 Å². The Morgan fingerprint density at radius 2 is 1.96 bits per heavy atom. The lowest BCUT2D eigenvalue weighted by atomic mass is 9.84. The van der Waals surface area contributed by atoms with Crippen molar-refractivity contribution in [2.75, 3.05) is 18.8 Å². The first-order valence-electron chi connectivity index (χ1n) is 8.97. The molecule has 6 heteroatoms. The summed E-state index contributed by atoms with van der Waals surface area (Å²) in [6.45, 7) is 6.37. The molecule has 4 unspecified atom stereocenters. The molecule has 2 rings (SSSR count). The molecule has 136 valence electrons. The molecule has 2 aliphatic rings. The highest BCUT2D eigenvalue weighted by Crippen LogP contribution is 2.26. The summed E-state index contributed by atoms with van der Waals surface area (Å²) >= 11 is 0. The third-order valence-corrected chi connectivity index (χ3v) is 7.08. The zero-order valence-electron chi connectivity index (χ0n) is 14.5. The fourth-order valence-corrected chi connectivity index (χ4v) is 5.26. The van der Waals surface area contributed by atoms with Crippen LogP contribution in [0.25, 0.3) is 0 Å². The molecule has 4 nitrogen and oxygen atoms in total. The zero-order valence-corrected chi connectivity index (χ0v) is 16.1. The highest BCUT2D eigenvalue weighted by molar-refractivity contribution is 7.85. The Morgan fingerprint density at radius 1 is 1.26 bits per heavy atom. The maximum Gasteiger partial charge on any atom is 0.220 e. The average Bonchev–Trinajstić information content (AvgIpc) is 2.55. The Morgan fingerprint density at radius 3 is 2.61 bits per heavy atom. The van der Waals surface area contributed by atoms with Gasteiger partial charge in [-0.1, -0.05) is 20.3 Å². The van der Waals surface area contributed by atoms with Gasteiger partial charge in [0.1, 0.15) is 0 Å². The van der Waals surface area contributed by atoms with Gasteiger partial charge in [-0.3, -0.25) is 9.00 Å². The Hall–Kier alpha value is -0.130. The predicted molar refractivity (Wildman–Crippen MR) is 99.5 cm³/mol. The summed E-state index contributed by atoms with van der Waals surface area (Å²) < 4.78 is 12.0. The smallest absolute Gasteiger partial charge is 0.220 e. The van der Waals surface area contributed by atoms with Crippen molar-refractivity contribution in [1.29, 1.82) is 0 Å². The number of piperidine rings is 1. The fraction of sp³-hybridized carbons (Fsp3) is 0.941. The quantitative estimate of drug-likeness (QED) is 0.761. The molecule has 0 spiro atoms. The minimum absolute atomic E-state index is 0. The number of carbonyl (C=O) groups excluding carboxylic acids is 1. The van der Waals surface area contributed by atoms with Gasteiger partial charge in [0, 0.05) is 34.3 Å². The minimum atomic E-state index is -0.722. The molecule has 2 fully saturated rings. The Balaban J connectivity index is 0.00000264. The van der Waals surface area contributed by atoms with E-state index in [-0.39, 0.29) is 29.6 Å². The van der Waals surface area contributed by atoms with Crippen LogP contribution in [0.1, 0.15) is 58.8 Å². The molecule has 1 amide bonds. The van der Waals surface area contributed by atoms with Gasteiger partial charge >= 0.3 is 0 Å². The van der Waals surface area contributed by atoms with Crippen LogP contribution >= 0.6 is 12.4 Å². The molecule has 2 N–H and O–H groups in total. The van der Waals surface area contributed by atoms with Gasteiger partial charge in [-0.2, -0.15) is 0 Å². The van der Waals surface area contributed by atoms with E-state index in [0.717, 1.165) is 44.5 Å². The van der Waals surface area contributed by atoms with E-state index in [1.165, 1.54) is 12.8 Å². The van der Waals surface area contributed by atoms with Crippen molar-refractivity contribution >= 4 is 29.1 Å². The zero-order chi connectivity index (χ0) is 15.9. The largest absolute Gasteiger partial charge is 0.353 e. The summed E-state index contributed by atoms with van der Waals surface area (Å²) in [5, 5.41) is 6.87. The van der Waals surface area contributed by atoms with Gasteiger partial charge in [0.25, 0.3) is 0 Å². The lowest BCUT2D eigenvalue weighted by molar-refractivity contribution is -0.123. The third-order valence-electron chi connectivity index (χ3n) is 5.34. The second kappa shape index (κ2) is 10.7. The lowest BCUT2D eigenvalue weighted by Gasteiger charge is -2.31. The molecule has 0 radical (unpaired) electrons. The van der Waals surface area contributed by atoms with Crippen LogP contribution in [0.3, 0.4) is 0 Å². The predicted octanol–water partition coefficient (Wildman–Crippen LogP) is 2.63. The highest BCUT2D eigenvalue weighted by atomic mass is 35.5. The first-order valence-corrected chi connectivity index (χ1v) is 10.4. The van der Waals surface area contributed by atoms with Crippen molar-refractivity contribution in [3.63, 3.8) is 0 Å². The maximum absolute atomic E-state index is 12.3. The molecule has 0 aromatic heterocycles. The maximum atomic E-state index is 12.3. The van der Waals surface area contributed by atoms with E-state index in [0.29, 0.717) is 18.3 Å². The number of nitrogens with one attached hydrogen (secondary N) is 2. The first-order chi connectivity index (χ1) is 10.6. The summed E-state index contributed by atoms with van der Waals surface area (Å²) in [5.41, 5.74) is 0. The van der Waals surface area contributed by atoms with Crippen molar-refractivity contribution in [1.82, 2.24) is 10.6 Å². The molecule has 23 heavy (non-hydrogen) atoms. The number of halogens is 1. The second-order valence-electron chi connectivity index (χ2n) is 6.99. The molecular formula is C17H33ClN2O2S. The molecule has 1 saturated heterocycles. The van der Waals surface area contributed by atoms with Crippen LogP contribution in [0.5, 0.6) is 0 Å². The standard InChI is InChI=1S/C17H32N2O2S.ClH/c1-3-22(21)16-6-4-5-15(12-16)19-17(20)11-13(2)14-7-9-18-10-8-14;/h13-16,18H,3-12H2,1-2H3,(H,19,20);1H. The van der Waals surface area contributed by atoms with Crippen LogP contribution in [0.15, 0.2) is 0 Å². The van der Waals surface area contributed by atoms with E-state index >= 15 is 0 Å². The third kappa shape index (κ3) is 6.71. The van der Waals surface area contributed by atoms with Crippen molar-refractivity contribution < 1.29 is 9.00 Å². The van der Waals surface area contributed by atoms with Crippen LogP contribution < -0.4 is 10.6 Å². The highest BCUT2D eigenvalue weighted by Gasteiger charge is 2.28. The lowest BCUT2D eigenvalue weighted by Crippen LogP contribution is -2.42. The number of hydrogen-bond acceptors (Lipinski definition) is 3. The fourth-order valence-electron chi connectivity index (χ4n) is 3.91. The topological polar surface area (TPSA) is 58.2 Å². The summed E-state index contributed by atoms with van der Waals surface area (Å²) in [6, 6.07) is 0.238. The van der Waals surface area contributed by atoms with Crippen molar-refractivity contribution in [3.8, 4) is 0 Å². The van der Waals surface area contributed by atoms with E-state index < -0.39 is 10.8 Å². The van der Waals surface area contributed by atoms with E-state index in [1.54, 1.807) is 0 Å². The summed E-state index contributed by atoms with van der Waals surface area (Å²) in [6.07, 6.45) is 7.11. The summed E-state index contributed by atoms with van der Waals surface area (Å²) in [7, 11) is -0.722. The molecule has 0 aromatic carbocycles. The van der Waals surface area contributed by atoms with Gasteiger partial charge < -0.3 is 10.6 Å². The van der Waals surface area contributed by atoms with Gasteiger partial charge in [-0.15, -0.1) is 12.4 Å². The molecule has 4 atom stereocenters. The number of amides is 1. The first kappa shape index (κ1) is 20.9. The second-order valence-corrected chi connectivity index (χ2v) is 9.00. The van der Waals surface area contributed by atoms with E-state index in [4.69, 9.17) is 0 Å². The number of rotatable bonds is 6. The van der Waals surface area contributed by atoms with Crippen LogP contribution in [0, 0.1) is 11.8 Å². The molecule has 1 aliphatic heterocycles. The van der Waals surface area contributed by atoms with Crippen molar-refractivity contribution in [2.45, 2.75) is 70.1 Å². The van der Waals surface area contributed by atoms with Gasteiger partial charge in [0.2, 0.25) is 5.91 Å². The van der Waals surface area contributed by atoms with Crippen LogP contribution in [0.2, 0.25) is 0 Å². The molecule has 1 aliphatic carbocycles. The monoisotopic (exact) mass is 364 g/mol. The van der Waals surface area contributed by atoms with Crippen LogP contribution in [-0.4, -0.2) is 40.3 Å².